The van der Waals surface area contributed by atoms with Gasteiger partial charge in [0.25, 0.3) is 5.91 Å². The van der Waals surface area contributed by atoms with Crippen molar-refractivity contribution in [3.63, 3.8) is 0 Å². The fraction of sp³-hybridized carbons (Fsp3) is 0.381. The van der Waals surface area contributed by atoms with E-state index in [-0.39, 0.29) is 18.1 Å². The monoisotopic (exact) mass is 340 g/mol. The molecule has 0 atom stereocenters. The first-order valence-electron chi connectivity index (χ1n) is 8.72. The van der Waals surface area contributed by atoms with Gasteiger partial charge < -0.3 is 15.4 Å². The van der Waals surface area contributed by atoms with Gasteiger partial charge in [-0.25, -0.2) is 0 Å². The lowest BCUT2D eigenvalue weighted by atomic mass is 10.0. The second kappa shape index (κ2) is 8.67. The maximum Gasteiger partial charge on any atom is 0.262 e. The Kier molecular flexibility index (Phi) is 6.59. The van der Waals surface area contributed by atoms with E-state index in [1.165, 1.54) is 0 Å². The Balaban J connectivity index is 1.91. The van der Waals surface area contributed by atoms with Crippen LogP contribution in [-0.4, -0.2) is 18.1 Å². The van der Waals surface area contributed by atoms with Gasteiger partial charge in [0.15, 0.2) is 6.61 Å². The van der Waals surface area contributed by atoms with Crippen LogP contribution in [0.25, 0.3) is 0 Å². The summed E-state index contributed by atoms with van der Waals surface area (Å²) in [6, 6.07) is 15.5. The van der Waals surface area contributed by atoms with Crippen molar-refractivity contribution in [1.82, 2.24) is 5.32 Å². The zero-order valence-electron chi connectivity index (χ0n) is 15.6. The van der Waals surface area contributed by atoms with Crippen LogP contribution in [0.3, 0.4) is 0 Å². The minimum Gasteiger partial charge on any atom is -0.483 e. The SMILES string of the molecule is CCC(C)(C)NCc1ccccc1OCC(=O)Nc1ccc(C)cc1. The maximum atomic E-state index is 12.1. The van der Waals surface area contributed by atoms with E-state index in [1.54, 1.807) is 0 Å². The Labute approximate surface area is 150 Å². The summed E-state index contributed by atoms with van der Waals surface area (Å²) in [4.78, 5) is 12.1. The van der Waals surface area contributed by atoms with Gasteiger partial charge >= 0.3 is 0 Å². The molecular formula is C21H28N2O2. The Hall–Kier alpha value is -2.33. The van der Waals surface area contributed by atoms with Gasteiger partial charge in [0.2, 0.25) is 0 Å². The highest BCUT2D eigenvalue weighted by Crippen LogP contribution is 2.19. The Bertz CT molecular complexity index is 693. The van der Waals surface area contributed by atoms with Crippen molar-refractivity contribution in [2.24, 2.45) is 0 Å². The lowest BCUT2D eigenvalue weighted by Gasteiger charge is -2.25. The summed E-state index contributed by atoms with van der Waals surface area (Å²) < 4.78 is 5.74. The van der Waals surface area contributed by atoms with E-state index in [0.29, 0.717) is 6.54 Å². The predicted octanol–water partition coefficient (Wildman–Crippen LogP) is 4.29. The second-order valence-electron chi connectivity index (χ2n) is 6.90. The van der Waals surface area contributed by atoms with Gasteiger partial charge in [-0.15, -0.1) is 0 Å². The fourth-order valence-electron chi connectivity index (χ4n) is 2.23. The zero-order chi connectivity index (χ0) is 18.3. The van der Waals surface area contributed by atoms with Crippen LogP contribution in [0, 0.1) is 6.92 Å². The predicted molar refractivity (Wildman–Crippen MR) is 103 cm³/mol. The second-order valence-corrected chi connectivity index (χ2v) is 6.90. The topological polar surface area (TPSA) is 50.4 Å². The summed E-state index contributed by atoms with van der Waals surface area (Å²) in [6.45, 7) is 9.21. The summed E-state index contributed by atoms with van der Waals surface area (Å²) in [6.07, 6.45) is 1.04. The molecule has 2 aromatic carbocycles. The van der Waals surface area contributed by atoms with Gasteiger partial charge in [-0.2, -0.15) is 0 Å². The molecule has 2 aromatic rings. The molecule has 0 aliphatic carbocycles. The van der Waals surface area contributed by atoms with E-state index in [4.69, 9.17) is 4.74 Å². The molecule has 134 valence electrons. The standard InChI is InChI=1S/C21H28N2O2/c1-5-21(3,4)22-14-17-8-6-7-9-19(17)25-15-20(24)23-18-12-10-16(2)11-13-18/h6-13,22H,5,14-15H2,1-4H3,(H,23,24). The molecule has 2 rings (SSSR count). The van der Waals surface area contributed by atoms with Crippen molar-refractivity contribution in [2.45, 2.75) is 46.2 Å². The number of para-hydroxylation sites is 1. The molecule has 0 unspecified atom stereocenters. The van der Waals surface area contributed by atoms with Crippen molar-refractivity contribution < 1.29 is 9.53 Å². The number of nitrogens with one attached hydrogen (secondary N) is 2. The Morgan fingerprint density at radius 1 is 1.08 bits per heavy atom. The summed E-state index contributed by atoms with van der Waals surface area (Å²) in [5, 5.41) is 6.36. The molecule has 0 aliphatic rings. The number of carbonyl (C=O) groups is 1. The molecule has 0 aromatic heterocycles. The fourth-order valence-corrected chi connectivity index (χ4v) is 2.23. The van der Waals surface area contributed by atoms with E-state index in [9.17, 15) is 4.79 Å². The third kappa shape index (κ3) is 6.24. The van der Waals surface area contributed by atoms with Crippen LogP contribution < -0.4 is 15.4 Å². The average molecular weight is 340 g/mol. The molecule has 4 heteroatoms. The molecular weight excluding hydrogens is 312 g/mol. The van der Waals surface area contributed by atoms with Crippen LogP contribution in [0.5, 0.6) is 5.75 Å². The van der Waals surface area contributed by atoms with Crippen molar-refractivity contribution in [1.29, 1.82) is 0 Å². The van der Waals surface area contributed by atoms with E-state index in [2.05, 4.69) is 31.4 Å². The molecule has 1 amide bonds. The van der Waals surface area contributed by atoms with E-state index >= 15 is 0 Å². The molecule has 0 radical (unpaired) electrons. The summed E-state index contributed by atoms with van der Waals surface area (Å²) in [7, 11) is 0. The molecule has 0 fully saturated rings. The summed E-state index contributed by atoms with van der Waals surface area (Å²) in [5.74, 6) is 0.571. The Morgan fingerprint density at radius 3 is 2.44 bits per heavy atom. The van der Waals surface area contributed by atoms with Crippen LogP contribution >= 0.6 is 0 Å². The van der Waals surface area contributed by atoms with E-state index < -0.39 is 0 Å². The van der Waals surface area contributed by atoms with Crippen LogP contribution in [0.4, 0.5) is 5.69 Å². The molecule has 0 saturated heterocycles. The highest BCUT2D eigenvalue weighted by atomic mass is 16.5. The molecule has 2 N–H and O–H groups in total. The minimum absolute atomic E-state index is 0.0118. The molecule has 0 aliphatic heterocycles. The third-order valence-corrected chi connectivity index (χ3v) is 4.31. The zero-order valence-corrected chi connectivity index (χ0v) is 15.6. The third-order valence-electron chi connectivity index (χ3n) is 4.31. The van der Waals surface area contributed by atoms with Crippen molar-refractivity contribution in [2.75, 3.05) is 11.9 Å². The van der Waals surface area contributed by atoms with Crippen molar-refractivity contribution in [3.05, 3.63) is 59.7 Å². The van der Waals surface area contributed by atoms with Crippen LogP contribution in [0.2, 0.25) is 0 Å². The first kappa shape index (κ1) is 19.0. The number of amides is 1. The molecule has 0 heterocycles. The number of ether oxygens (including phenoxy) is 1. The maximum absolute atomic E-state index is 12.1. The quantitative estimate of drug-likeness (QED) is 0.754. The number of hydrogen-bond acceptors (Lipinski definition) is 3. The number of hydrogen-bond donors (Lipinski definition) is 2. The highest BCUT2D eigenvalue weighted by Gasteiger charge is 2.15. The van der Waals surface area contributed by atoms with Gasteiger partial charge in [0.1, 0.15) is 5.75 Å². The Morgan fingerprint density at radius 2 is 1.76 bits per heavy atom. The first-order valence-corrected chi connectivity index (χ1v) is 8.72. The normalized spacial score (nSPS) is 11.2. The summed E-state index contributed by atoms with van der Waals surface area (Å²) in [5.41, 5.74) is 3.05. The van der Waals surface area contributed by atoms with Crippen molar-refractivity contribution in [3.8, 4) is 5.75 Å². The van der Waals surface area contributed by atoms with Gasteiger partial charge in [0, 0.05) is 23.3 Å². The smallest absolute Gasteiger partial charge is 0.262 e. The van der Waals surface area contributed by atoms with Crippen molar-refractivity contribution >= 4 is 11.6 Å². The lowest BCUT2D eigenvalue weighted by Crippen LogP contribution is -2.37. The van der Waals surface area contributed by atoms with Gasteiger partial charge in [0.05, 0.1) is 0 Å². The highest BCUT2D eigenvalue weighted by molar-refractivity contribution is 5.91. The molecule has 25 heavy (non-hydrogen) atoms. The minimum atomic E-state index is -0.166. The summed E-state index contributed by atoms with van der Waals surface area (Å²) >= 11 is 0. The van der Waals surface area contributed by atoms with Crippen LogP contribution in [-0.2, 0) is 11.3 Å². The van der Waals surface area contributed by atoms with E-state index in [1.807, 2.05) is 55.5 Å². The number of rotatable bonds is 8. The number of aryl methyl sites for hydroxylation is 1. The molecule has 0 saturated carbocycles. The van der Waals surface area contributed by atoms with Gasteiger partial charge in [-0.05, 0) is 45.4 Å². The van der Waals surface area contributed by atoms with Crippen LogP contribution in [0.1, 0.15) is 38.3 Å². The van der Waals surface area contributed by atoms with E-state index in [0.717, 1.165) is 29.0 Å². The molecule has 4 nitrogen and oxygen atoms in total. The van der Waals surface area contributed by atoms with Gasteiger partial charge in [-0.3, -0.25) is 4.79 Å². The molecule has 0 bridgehead atoms. The molecule has 0 spiro atoms. The van der Waals surface area contributed by atoms with Crippen LogP contribution in [0.15, 0.2) is 48.5 Å². The number of carbonyl (C=O) groups excluding carboxylic acids is 1. The lowest BCUT2D eigenvalue weighted by molar-refractivity contribution is -0.118. The largest absolute Gasteiger partial charge is 0.483 e. The number of anilines is 1. The first-order chi connectivity index (χ1) is 11.9. The van der Waals surface area contributed by atoms with Gasteiger partial charge in [-0.1, -0.05) is 42.8 Å². The average Bonchev–Trinajstić information content (AvgIpc) is 2.61. The number of benzene rings is 2.